The maximum Gasteiger partial charge on any atom is 0.261 e. The topological polar surface area (TPSA) is 93.3 Å². The van der Waals surface area contributed by atoms with Crippen LogP contribution in [-0.2, 0) is 13.0 Å². The average Bonchev–Trinajstić information content (AvgIpc) is 3.22. The lowest BCUT2D eigenvalue weighted by molar-refractivity contribution is 0.0724. The molecular formula is C23H23N5O3. The molecule has 0 aliphatic carbocycles. The van der Waals surface area contributed by atoms with E-state index in [2.05, 4.69) is 16.2 Å². The highest BCUT2D eigenvalue weighted by Gasteiger charge is 2.30. The van der Waals surface area contributed by atoms with Crippen molar-refractivity contribution in [3.8, 4) is 23.3 Å². The molecule has 0 N–H and O–H groups in total. The van der Waals surface area contributed by atoms with Gasteiger partial charge in [-0.3, -0.25) is 9.78 Å². The zero-order chi connectivity index (χ0) is 22.0. The Balaban J connectivity index is 1.67. The molecule has 4 rings (SSSR count). The predicted molar refractivity (Wildman–Crippen MR) is 113 cm³/mol. The lowest BCUT2D eigenvalue weighted by Gasteiger charge is -2.28. The van der Waals surface area contributed by atoms with E-state index < -0.39 is 0 Å². The molecule has 158 valence electrons. The zero-order valence-corrected chi connectivity index (χ0v) is 17.7. The van der Waals surface area contributed by atoms with Crippen molar-refractivity contribution in [3.05, 3.63) is 65.2 Å². The van der Waals surface area contributed by atoms with Crippen LogP contribution < -0.4 is 9.47 Å². The van der Waals surface area contributed by atoms with Crippen molar-refractivity contribution in [3.63, 3.8) is 0 Å². The quantitative estimate of drug-likeness (QED) is 0.633. The molecule has 31 heavy (non-hydrogen) atoms. The summed E-state index contributed by atoms with van der Waals surface area (Å²) in [7, 11) is 1.46. The number of methoxy groups -OCH3 is 1. The summed E-state index contributed by atoms with van der Waals surface area (Å²) in [5.41, 5.74) is 3.44. The van der Waals surface area contributed by atoms with E-state index in [-0.39, 0.29) is 23.3 Å². The van der Waals surface area contributed by atoms with Gasteiger partial charge in [-0.15, -0.1) is 0 Å². The molecule has 8 heteroatoms. The van der Waals surface area contributed by atoms with Gasteiger partial charge in [0.1, 0.15) is 17.4 Å². The van der Waals surface area contributed by atoms with E-state index >= 15 is 0 Å². The Labute approximate surface area is 180 Å². The third-order valence-electron chi connectivity index (χ3n) is 5.09. The summed E-state index contributed by atoms with van der Waals surface area (Å²) in [6, 6.07) is 9.13. The number of hydrogen-bond acceptors (Lipinski definition) is 6. The van der Waals surface area contributed by atoms with Gasteiger partial charge in [0.25, 0.3) is 5.91 Å². The van der Waals surface area contributed by atoms with Crippen LogP contribution in [0.1, 0.15) is 41.0 Å². The molecule has 0 unspecified atom stereocenters. The van der Waals surface area contributed by atoms with E-state index in [0.29, 0.717) is 30.8 Å². The monoisotopic (exact) mass is 417 g/mol. The van der Waals surface area contributed by atoms with Crippen LogP contribution in [0.2, 0.25) is 0 Å². The summed E-state index contributed by atoms with van der Waals surface area (Å²) in [5.74, 6) is 0.421. The highest BCUT2D eigenvalue weighted by Crippen LogP contribution is 2.35. The molecule has 1 aromatic carbocycles. The highest BCUT2D eigenvalue weighted by molar-refractivity contribution is 6.00. The molecule has 0 saturated heterocycles. The Bertz CT molecular complexity index is 1150. The maximum atomic E-state index is 13.6. The van der Waals surface area contributed by atoms with E-state index in [0.717, 1.165) is 16.9 Å². The van der Waals surface area contributed by atoms with Crippen molar-refractivity contribution >= 4 is 5.91 Å². The van der Waals surface area contributed by atoms with E-state index in [1.807, 2.05) is 36.9 Å². The third-order valence-corrected chi connectivity index (χ3v) is 5.09. The van der Waals surface area contributed by atoms with Gasteiger partial charge < -0.3 is 14.4 Å². The molecule has 3 aromatic rings. The molecule has 0 saturated carbocycles. The number of nitriles is 1. The first kappa shape index (κ1) is 20.4. The second-order valence-corrected chi connectivity index (χ2v) is 7.53. The van der Waals surface area contributed by atoms with Crippen molar-refractivity contribution in [2.24, 2.45) is 0 Å². The molecule has 1 aliphatic rings. The van der Waals surface area contributed by atoms with E-state index in [9.17, 15) is 10.1 Å². The number of pyridine rings is 1. The number of ether oxygens (including phenoxy) is 2. The Morgan fingerprint density at radius 3 is 2.68 bits per heavy atom. The first-order valence-electron chi connectivity index (χ1n) is 10.1. The second-order valence-electron chi connectivity index (χ2n) is 7.53. The second kappa shape index (κ2) is 8.48. The zero-order valence-electron chi connectivity index (χ0n) is 17.7. The number of carbonyl (C=O) groups is 1. The minimum absolute atomic E-state index is 0.129. The molecule has 0 bridgehead atoms. The smallest absolute Gasteiger partial charge is 0.261 e. The van der Waals surface area contributed by atoms with E-state index in [1.54, 1.807) is 29.4 Å². The molecule has 0 radical (unpaired) electrons. The first-order valence-corrected chi connectivity index (χ1v) is 10.1. The highest BCUT2D eigenvalue weighted by atomic mass is 16.5. The van der Waals surface area contributed by atoms with Gasteiger partial charge in [0.2, 0.25) is 0 Å². The van der Waals surface area contributed by atoms with Crippen molar-refractivity contribution in [1.82, 2.24) is 19.7 Å². The molecule has 1 amide bonds. The van der Waals surface area contributed by atoms with Crippen molar-refractivity contribution < 1.29 is 14.3 Å². The van der Waals surface area contributed by atoms with Gasteiger partial charge in [-0.05, 0) is 38.1 Å². The lowest BCUT2D eigenvalue weighted by Crippen LogP contribution is -2.36. The van der Waals surface area contributed by atoms with Crippen LogP contribution in [0.25, 0.3) is 5.69 Å². The SMILES string of the molecule is COc1c(C#N)ccc(OC(C)C)c1C(=O)N1CCc2nn(-c3ccncc3)cc2C1. The van der Waals surface area contributed by atoms with E-state index in [1.165, 1.54) is 7.11 Å². The Kier molecular flexibility index (Phi) is 5.58. The number of amides is 1. The number of benzene rings is 1. The molecule has 0 spiro atoms. The third kappa shape index (κ3) is 3.94. The first-order chi connectivity index (χ1) is 15.0. The van der Waals surface area contributed by atoms with Crippen LogP contribution in [0.15, 0.2) is 42.9 Å². The van der Waals surface area contributed by atoms with Gasteiger partial charge in [-0.1, -0.05) is 0 Å². The normalized spacial score (nSPS) is 12.9. The fourth-order valence-corrected chi connectivity index (χ4v) is 3.69. The van der Waals surface area contributed by atoms with Crippen LogP contribution in [-0.4, -0.2) is 45.3 Å². The molecule has 0 atom stereocenters. The average molecular weight is 417 g/mol. The number of aromatic nitrogens is 3. The summed E-state index contributed by atoms with van der Waals surface area (Å²) in [5, 5.41) is 14.1. The molecule has 2 aromatic heterocycles. The minimum atomic E-state index is -0.230. The molecule has 8 nitrogen and oxygen atoms in total. The number of fused-ring (bicyclic) bond motifs is 1. The molecule has 3 heterocycles. The lowest BCUT2D eigenvalue weighted by atomic mass is 10.0. The summed E-state index contributed by atoms with van der Waals surface area (Å²) >= 11 is 0. The van der Waals surface area contributed by atoms with Gasteiger partial charge >= 0.3 is 0 Å². The fourth-order valence-electron chi connectivity index (χ4n) is 3.69. The van der Waals surface area contributed by atoms with Gasteiger partial charge in [0, 0.05) is 43.7 Å². The van der Waals surface area contributed by atoms with Crippen LogP contribution in [0.3, 0.4) is 0 Å². The molecule has 0 fully saturated rings. The molecular weight excluding hydrogens is 394 g/mol. The number of carbonyl (C=O) groups excluding carboxylic acids is 1. The van der Waals surface area contributed by atoms with Crippen LogP contribution in [0, 0.1) is 11.3 Å². The summed E-state index contributed by atoms with van der Waals surface area (Å²) in [6.07, 6.45) is 5.89. The number of nitrogens with zero attached hydrogens (tertiary/aromatic N) is 5. The summed E-state index contributed by atoms with van der Waals surface area (Å²) in [4.78, 5) is 19.3. The molecule has 1 aliphatic heterocycles. The van der Waals surface area contributed by atoms with Crippen LogP contribution in [0.5, 0.6) is 11.5 Å². The summed E-state index contributed by atoms with van der Waals surface area (Å²) in [6.45, 7) is 4.71. The van der Waals surface area contributed by atoms with Gasteiger partial charge in [0.15, 0.2) is 5.75 Å². The van der Waals surface area contributed by atoms with Gasteiger partial charge in [-0.2, -0.15) is 10.4 Å². The van der Waals surface area contributed by atoms with Crippen molar-refractivity contribution in [2.75, 3.05) is 13.7 Å². The number of hydrogen-bond donors (Lipinski definition) is 0. The Morgan fingerprint density at radius 2 is 2.00 bits per heavy atom. The summed E-state index contributed by atoms with van der Waals surface area (Å²) < 4.78 is 13.1. The minimum Gasteiger partial charge on any atom is -0.494 e. The number of rotatable bonds is 5. The van der Waals surface area contributed by atoms with Gasteiger partial charge in [0.05, 0.1) is 30.2 Å². The van der Waals surface area contributed by atoms with Crippen LogP contribution in [0.4, 0.5) is 0 Å². The van der Waals surface area contributed by atoms with E-state index in [4.69, 9.17) is 9.47 Å². The predicted octanol–water partition coefficient (Wildman–Crippen LogP) is 3.13. The van der Waals surface area contributed by atoms with Crippen molar-refractivity contribution in [2.45, 2.75) is 32.9 Å². The van der Waals surface area contributed by atoms with Gasteiger partial charge in [-0.25, -0.2) is 4.68 Å². The van der Waals surface area contributed by atoms with Crippen molar-refractivity contribution in [1.29, 1.82) is 5.26 Å². The maximum absolute atomic E-state index is 13.6. The standard InChI is InChI=1S/C23H23N5O3/c1-15(2)31-20-5-4-16(12-24)22(30-3)21(20)23(29)27-11-8-19-17(13-27)14-28(26-19)18-6-9-25-10-7-18/h4-7,9-10,14-15H,8,11,13H2,1-3H3. The van der Waals surface area contributed by atoms with Crippen LogP contribution >= 0.6 is 0 Å². The Hall–Kier alpha value is -3.86. The largest absolute Gasteiger partial charge is 0.494 e. The Morgan fingerprint density at radius 1 is 1.23 bits per heavy atom. The fraction of sp³-hybridized carbons (Fsp3) is 0.304.